The molecule has 114 valence electrons. The van der Waals surface area contributed by atoms with E-state index in [-0.39, 0.29) is 11.8 Å². The van der Waals surface area contributed by atoms with Crippen LogP contribution in [0.1, 0.15) is 17.1 Å². The van der Waals surface area contributed by atoms with Crippen LogP contribution in [0.15, 0.2) is 6.20 Å². The van der Waals surface area contributed by atoms with E-state index in [9.17, 15) is 18.0 Å². The lowest BCUT2D eigenvalue weighted by atomic mass is 10.0. The molecule has 5 nitrogen and oxygen atoms in total. The van der Waals surface area contributed by atoms with E-state index in [2.05, 4.69) is 20.2 Å². The van der Waals surface area contributed by atoms with Gasteiger partial charge in [-0.2, -0.15) is 13.2 Å². The van der Waals surface area contributed by atoms with Crippen molar-refractivity contribution in [3.05, 3.63) is 23.3 Å². The Labute approximate surface area is 119 Å². The van der Waals surface area contributed by atoms with Crippen LogP contribution in [-0.2, 0) is 17.5 Å². The van der Waals surface area contributed by atoms with Gasteiger partial charge in [-0.1, -0.05) is 0 Å². The fourth-order valence-corrected chi connectivity index (χ4v) is 2.98. The average molecular weight is 300 g/mol. The van der Waals surface area contributed by atoms with Crippen LogP contribution >= 0.6 is 0 Å². The number of rotatable bonds is 2. The number of aromatic nitrogens is 2. The molecule has 0 aromatic carbocycles. The molecule has 1 aromatic heterocycles. The van der Waals surface area contributed by atoms with Crippen molar-refractivity contribution >= 4 is 5.91 Å². The lowest BCUT2D eigenvalue weighted by molar-refractivity contribution is -0.145. The molecule has 0 bridgehead atoms. The molecule has 0 unspecified atom stereocenters. The molecule has 3 heterocycles. The van der Waals surface area contributed by atoms with Crippen LogP contribution in [0.4, 0.5) is 13.2 Å². The van der Waals surface area contributed by atoms with Gasteiger partial charge in [0.1, 0.15) is 0 Å². The predicted molar refractivity (Wildman–Crippen MR) is 67.0 cm³/mol. The number of carbonyl (C=O) groups excluding carboxylic acids is 1. The van der Waals surface area contributed by atoms with Crippen molar-refractivity contribution in [2.45, 2.75) is 19.6 Å². The van der Waals surface area contributed by atoms with E-state index < -0.39 is 12.0 Å². The molecule has 2 aliphatic rings. The van der Waals surface area contributed by atoms with Gasteiger partial charge in [-0.05, 0) is 6.92 Å². The summed E-state index contributed by atoms with van der Waals surface area (Å²) in [6.07, 6.45) is -3.29. The maximum atomic E-state index is 12.5. The van der Waals surface area contributed by atoms with Gasteiger partial charge in [-0.15, -0.1) is 0 Å². The highest BCUT2D eigenvalue weighted by Gasteiger charge is 2.42. The molecule has 21 heavy (non-hydrogen) atoms. The van der Waals surface area contributed by atoms with Crippen LogP contribution in [0.2, 0.25) is 0 Å². The number of aryl methyl sites for hydroxylation is 1. The summed E-state index contributed by atoms with van der Waals surface area (Å²) in [5, 5.41) is 2.83. The summed E-state index contributed by atoms with van der Waals surface area (Å²) in [7, 11) is 0. The molecule has 0 aliphatic carbocycles. The summed E-state index contributed by atoms with van der Waals surface area (Å²) in [6, 6.07) is 0. The second-order valence-electron chi connectivity index (χ2n) is 5.61. The Morgan fingerprint density at radius 1 is 1.43 bits per heavy atom. The van der Waals surface area contributed by atoms with Gasteiger partial charge < -0.3 is 5.32 Å². The molecular weight excluding hydrogens is 285 g/mol. The first-order valence-electron chi connectivity index (χ1n) is 6.74. The van der Waals surface area contributed by atoms with E-state index in [4.69, 9.17) is 0 Å². The number of hydrogen-bond donors (Lipinski definition) is 1. The Morgan fingerprint density at radius 3 is 2.81 bits per heavy atom. The largest absolute Gasteiger partial charge is 0.451 e. The molecule has 2 fully saturated rings. The van der Waals surface area contributed by atoms with Crippen molar-refractivity contribution < 1.29 is 18.0 Å². The van der Waals surface area contributed by atoms with Crippen LogP contribution in [0.5, 0.6) is 0 Å². The van der Waals surface area contributed by atoms with E-state index in [1.165, 1.54) is 6.20 Å². The highest BCUT2D eigenvalue weighted by atomic mass is 19.4. The molecule has 1 aromatic rings. The molecular formula is C13H15F3N4O. The second kappa shape index (κ2) is 4.94. The molecule has 0 saturated carbocycles. The summed E-state index contributed by atoms with van der Waals surface area (Å²) in [4.78, 5) is 20.6. The summed E-state index contributed by atoms with van der Waals surface area (Å²) in [6.45, 7) is 4.11. The Balaban J connectivity index is 1.70. The van der Waals surface area contributed by atoms with Gasteiger partial charge in [0.05, 0.1) is 5.92 Å². The number of likely N-dealkylation sites (tertiary alicyclic amines) is 1. The summed E-state index contributed by atoms with van der Waals surface area (Å²) >= 11 is 0. The highest BCUT2D eigenvalue weighted by molar-refractivity contribution is 5.81. The minimum Gasteiger partial charge on any atom is -0.355 e. The van der Waals surface area contributed by atoms with Crippen LogP contribution in [0.3, 0.4) is 0 Å². The number of nitrogens with one attached hydrogen (secondary N) is 1. The third kappa shape index (κ3) is 2.72. The average Bonchev–Trinajstić information content (AvgIpc) is 2.93. The highest BCUT2D eigenvalue weighted by Crippen LogP contribution is 2.29. The minimum atomic E-state index is -4.52. The standard InChI is InChI=1S/C13H15F3N4O/c1-7-8(2-18-12(19-7)13(14,15)16)4-20-5-9-3-17-11(21)10(9)6-20/h2,9-10H,3-6H2,1H3,(H,17,21)/t9-,10+/m0/s1. The van der Waals surface area contributed by atoms with Crippen molar-refractivity contribution in [1.82, 2.24) is 20.2 Å². The maximum absolute atomic E-state index is 12.5. The third-order valence-corrected chi connectivity index (χ3v) is 4.12. The Kier molecular flexibility index (Phi) is 3.35. The summed E-state index contributed by atoms with van der Waals surface area (Å²) in [5.74, 6) is -0.738. The van der Waals surface area contributed by atoms with Gasteiger partial charge in [0.2, 0.25) is 11.7 Å². The first-order valence-corrected chi connectivity index (χ1v) is 6.74. The molecule has 1 N–H and O–H groups in total. The smallest absolute Gasteiger partial charge is 0.355 e. The van der Waals surface area contributed by atoms with Gasteiger partial charge in [0.15, 0.2) is 0 Å². The number of alkyl halides is 3. The molecule has 2 aliphatic heterocycles. The molecule has 1 amide bonds. The molecule has 8 heteroatoms. The van der Waals surface area contributed by atoms with Gasteiger partial charge in [0.25, 0.3) is 0 Å². The van der Waals surface area contributed by atoms with Crippen LogP contribution in [-0.4, -0.2) is 40.4 Å². The van der Waals surface area contributed by atoms with E-state index in [1.807, 2.05) is 0 Å². The number of hydrogen-bond acceptors (Lipinski definition) is 4. The Bertz CT molecular complexity index is 575. The molecule has 2 atom stereocenters. The van der Waals surface area contributed by atoms with Crippen molar-refractivity contribution in [3.63, 3.8) is 0 Å². The normalized spacial score (nSPS) is 26.0. The van der Waals surface area contributed by atoms with Crippen molar-refractivity contribution in [2.24, 2.45) is 11.8 Å². The SMILES string of the molecule is Cc1nc(C(F)(F)F)ncc1CN1C[C@@H]2CNC(=O)[C@@H]2C1. The van der Waals surface area contributed by atoms with Crippen LogP contribution < -0.4 is 5.32 Å². The number of fused-ring (bicyclic) bond motifs is 1. The molecule has 0 radical (unpaired) electrons. The van der Waals surface area contributed by atoms with Crippen molar-refractivity contribution in [1.29, 1.82) is 0 Å². The number of amides is 1. The zero-order valence-electron chi connectivity index (χ0n) is 11.4. The number of halogens is 3. The van der Waals surface area contributed by atoms with E-state index in [0.29, 0.717) is 36.8 Å². The van der Waals surface area contributed by atoms with E-state index in [1.54, 1.807) is 6.92 Å². The maximum Gasteiger partial charge on any atom is 0.451 e. The fourth-order valence-electron chi connectivity index (χ4n) is 2.98. The van der Waals surface area contributed by atoms with Gasteiger partial charge in [-0.25, -0.2) is 9.97 Å². The minimum absolute atomic E-state index is 0.000623. The quantitative estimate of drug-likeness (QED) is 0.884. The van der Waals surface area contributed by atoms with E-state index in [0.717, 1.165) is 6.54 Å². The van der Waals surface area contributed by atoms with Crippen molar-refractivity contribution in [2.75, 3.05) is 19.6 Å². The number of carbonyl (C=O) groups is 1. The lowest BCUT2D eigenvalue weighted by Gasteiger charge is -2.18. The zero-order chi connectivity index (χ0) is 15.2. The third-order valence-electron chi connectivity index (χ3n) is 4.12. The van der Waals surface area contributed by atoms with Gasteiger partial charge in [0, 0.05) is 49.6 Å². The zero-order valence-corrected chi connectivity index (χ0v) is 11.4. The molecule has 3 rings (SSSR count). The monoisotopic (exact) mass is 300 g/mol. The molecule has 2 saturated heterocycles. The Morgan fingerprint density at radius 2 is 2.19 bits per heavy atom. The first-order chi connectivity index (χ1) is 9.84. The second-order valence-corrected chi connectivity index (χ2v) is 5.61. The first kappa shape index (κ1) is 14.2. The number of nitrogens with zero attached hydrogens (tertiary/aromatic N) is 3. The van der Waals surface area contributed by atoms with Crippen molar-refractivity contribution in [3.8, 4) is 0 Å². The van der Waals surface area contributed by atoms with Gasteiger partial charge >= 0.3 is 6.18 Å². The van der Waals surface area contributed by atoms with Crippen LogP contribution in [0.25, 0.3) is 0 Å². The van der Waals surface area contributed by atoms with Gasteiger partial charge in [-0.3, -0.25) is 9.69 Å². The fraction of sp³-hybridized carbons (Fsp3) is 0.615. The van der Waals surface area contributed by atoms with E-state index >= 15 is 0 Å². The predicted octanol–water partition coefficient (Wildman–Crippen LogP) is 0.982. The topological polar surface area (TPSA) is 58.1 Å². The summed E-state index contributed by atoms with van der Waals surface area (Å²) < 4.78 is 37.6. The summed E-state index contributed by atoms with van der Waals surface area (Å²) in [5.41, 5.74) is 1.00. The van der Waals surface area contributed by atoms with Crippen LogP contribution in [0, 0.1) is 18.8 Å². The Hall–Kier alpha value is -1.70. The lowest BCUT2D eigenvalue weighted by Crippen LogP contribution is -2.29. The molecule has 0 spiro atoms.